The molecule has 0 saturated heterocycles. The van der Waals surface area contributed by atoms with Crippen LogP contribution in [0.15, 0.2) is 36.7 Å². The molecule has 0 radical (unpaired) electrons. The van der Waals surface area contributed by atoms with E-state index in [1.165, 1.54) is 4.68 Å². The first kappa shape index (κ1) is 12.5. The summed E-state index contributed by atoms with van der Waals surface area (Å²) in [6.45, 7) is -0.168. The summed E-state index contributed by atoms with van der Waals surface area (Å²) in [5.41, 5.74) is 7.85. The Kier molecular flexibility index (Phi) is 3.27. The maximum absolute atomic E-state index is 12.1. The molecular weight excluding hydrogens is 243 g/mol. The number of hydrogen-bond donors (Lipinski definition) is 1. The number of aryl methyl sites for hydroxylation is 1. The summed E-state index contributed by atoms with van der Waals surface area (Å²) in [7, 11) is 0. The van der Waals surface area contributed by atoms with Gasteiger partial charge < -0.3 is 5.73 Å². The summed E-state index contributed by atoms with van der Waals surface area (Å²) in [5.74, 6) is 0. The van der Waals surface area contributed by atoms with E-state index in [0.717, 1.165) is 11.1 Å². The van der Waals surface area contributed by atoms with Gasteiger partial charge in [-0.15, -0.1) is 0 Å². The second kappa shape index (κ2) is 4.72. The summed E-state index contributed by atoms with van der Waals surface area (Å²) < 4.78 is 37.5. The number of rotatable bonds is 3. The second-order valence-corrected chi connectivity index (χ2v) is 3.98. The Labute approximate surface area is 102 Å². The van der Waals surface area contributed by atoms with E-state index in [2.05, 4.69) is 5.10 Å². The highest BCUT2D eigenvalue weighted by Crippen LogP contribution is 2.22. The molecule has 0 spiro atoms. The van der Waals surface area contributed by atoms with Crippen LogP contribution in [0.2, 0.25) is 0 Å². The zero-order chi connectivity index (χ0) is 13.2. The smallest absolute Gasteiger partial charge is 0.390 e. The van der Waals surface area contributed by atoms with Crippen molar-refractivity contribution >= 4 is 5.69 Å². The van der Waals surface area contributed by atoms with Crippen LogP contribution in [-0.4, -0.2) is 16.0 Å². The Bertz CT molecular complexity index is 514. The van der Waals surface area contributed by atoms with Crippen molar-refractivity contribution in [3.63, 3.8) is 0 Å². The number of nitrogen functional groups attached to an aromatic ring is 1. The molecule has 96 valence electrons. The number of nitrogens with two attached hydrogens (primary N) is 1. The highest BCUT2D eigenvalue weighted by atomic mass is 19.4. The standard InChI is InChI=1S/C12H12F3N3/c13-12(14,15)5-6-18-8-10(7-17-18)9-1-3-11(16)4-2-9/h1-4,7-8H,5-6,16H2. The summed E-state index contributed by atoms with van der Waals surface area (Å²) in [6, 6.07) is 7.09. The molecule has 6 heteroatoms. The molecule has 0 amide bonds. The maximum Gasteiger partial charge on any atom is 0.390 e. The maximum atomic E-state index is 12.1. The molecule has 1 aromatic carbocycles. The van der Waals surface area contributed by atoms with Crippen LogP contribution in [0.25, 0.3) is 11.1 Å². The van der Waals surface area contributed by atoms with Crippen molar-refractivity contribution in [3.8, 4) is 11.1 Å². The molecule has 2 aromatic rings. The van der Waals surface area contributed by atoms with Gasteiger partial charge in [-0.3, -0.25) is 4.68 Å². The Hall–Kier alpha value is -1.98. The minimum atomic E-state index is -4.16. The van der Waals surface area contributed by atoms with Crippen LogP contribution >= 0.6 is 0 Å². The Morgan fingerprint density at radius 2 is 1.78 bits per heavy atom. The molecule has 18 heavy (non-hydrogen) atoms. The van der Waals surface area contributed by atoms with Gasteiger partial charge in [0.2, 0.25) is 0 Å². The van der Waals surface area contributed by atoms with Crippen LogP contribution in [0, 0.1) is 0 Å². The van der Waals surface area contributed by atoms with Crippen molar-refractivity contribution in [2.75, 3.05) is 5.73 Å². The molecule has 0 aliphatic heterocycles. The average Bonchev–Trinajstić information content (AvgIpc) is 2.75. The molecule has 0 bridgehead atoms. The molecule has 0 unspecified atom stereocenters. The Balaban J connectivity index is 2.08. The third-order valence-corrected chi connectivity index (χ3v) is 2.50. The van der Waals surface area contributed by atoms with Crippen molar-refractivity contribution in [1.82, 2.24) is 9.78 Å². The van der Waals surface area contributed by atoms with Crippen LogP contribution < -0.4 is 5.73 Å². The summed E-state index contributed by atoms with van der Waals surface area (Å²) in [4.78, 5) is 0. The molecule has 1 aromatic heterocycles. The molecule has 0 aliphatic rings. The number of halogens is 3. The van der Waals surface area contributed by atoms with Gasteiger partial charge in [0.1, 0.15) is 0 Å². The SMILES string of the molecule is Nc1ccc(-c2cnn(CCC(F)(F)F)c2)cc1. The van der Waals surface area contributed by atoms with Crippen LogP contribution in [0.5, 0.6) is 0 Å². The highest BCUT2D eigenvalue weighted by Gasteiger charge is 2.26. The molecular formula is C12H12F3N3. The fourth-order valence-electron chi connectivity index (χ4n) is 1.55. The third-order valence-electron chi connectivity index (χ3n) is 2.50. The topological polar surface area (TPSA) is 43.8 Å². The predicted octanol–water partition coefficient (Wildman–Crippen LogP) is 3.08. The van der Waals surface area contributed by atoms with Crippen molar-refractivity contribution in [1.29, 1.82) is 0 Å². The summed E-state index contributed by atoms with van der Waals surface area (Å²) in [6.07, 6.45) is -1.90. The lowest BCUT2D eigenvalue weighted by Gasteiger charge is -2.05. The van der Waals surface area contributed by atoms with Gasteiger partial charge in [0.05, 0.1) is 12.6 Å². The first-order valence-corrected chi connectivity index (χ1v) is 5.39. The van der Waals surface area contributed by atoms with E-state index < -0.39 is 12.6 Å². The molecule has 3 nitrogen and oxygen atoms in total. The van der Waals surface area contributed by atoms with Crippen molar-refractivity contribution in [2.24, 2.45) is 0 Å². The Morgan fingerprint density at radius 3 is 2.39 bits per heavy atom. The number of hydrogen-bond acceptors (Lipinski definition) is 2. The normalized spacial score (nSPS) is 11.7. The van der Waals surface area contributed by atoms with E-state index in [-0.39, 0.29) is 6.54 Å². The lowest BCUT2D eigenvalue weighted by molar-refractivity contribution is -0.137. The minimum Gasteiger partial charge on any atom is -0.399 e. The summed E-state index contributed by atoms with van der Waals surface area (Å²) >= 11 is 0. The largest absolute Gasteiger partial charge is 0.399 e. The fourth-order valence-corrected chi connectivity index (χ4v) is 1.55. The number of nitrogens with zero attached hydrogens (tertiary/aromatic N) is 2. The number of benzene rings is 1. The minimum absolute atomic E-state index is 0.168. The average molecular weight is 255 g/mol. The second-order valence-electron chi connectivity index (χ2n) is 3.98. The van der Waals surface area contributed by atoms with Crippen LogP contribution in [0.3, 0.4) is 0 Å². The molecule has 0 aliphatic carbocycles. The van der Waals surface area contributed by atoms with Gasteiger partial charge in [-0.1, -0.05) is 12.1 Å². The first-order chi connectivity index (χ1) is 8.44. The number of anilines is 1. The van der Waals surface area contributed by atoms with Gasteiger partial charge in [-0.25, -0.2) is 0 Å². The first-order valence-electron chi connectivity index (χ1n) is 5.39. The van der Waals surface area contributed by atoms with E-state index in [0.29, 0.717) is 5.69 Å². The van der Waals surface area contributed by atoms with E-state index >= 15 is 0 Å². The van der Waals surface area contributed by atoms with Crippen LogP contribution in [0.1, 0.15) is 6.42 Å². The van der Waals surface area contributed by atoms with Crippen molar-refractivity contribution < 1.29 is 13.2 Å². The Morgan fingerprint density at radius 1 is 1.11 bits per heavy atom. The molecule has 0 atom stereocenters. The van der Waals surface area contributed by atoms with Crippen molar-refractivity contribution in [2.45, 2.75) is 19.1 Å². The van der Waals surface area contributed by atoms with Gasteiger partial charge >= 0.3 is 6.18 Å². The molecule has 0 saturated carbocycles. The van der Waals surface area contributed by atoms with E-state index in [4.69, 9.17) is 5.73 Å². The highest BCUT2D eigenvalue weighted by molar-refractivity contribution is 5.63. The lowest BCUT2D eigenvalue weighted by atomic mass is 10.1. The van der Waals surface area contributed by atoms with Gasteiger partial charge in [0.25, 0.3) is 0 Å². The fraction of sp³-hybridized carbons (Fsp3) is 0.250. The van der Waals surface area contributed by atoms with Gasteiger partial charge in [-0.2, -0.15) is 18.3 Å². The number of alkyl halides is 3. The van der Waals surface area contributed by atoms with Gasteiger partial charge in [0, 0.05) is 24.0 Å². The molecule has 0 fully saturated rings. The zero-order valence-electron chi connectivity index (χ0n) is 9.48. The molecule has 1 heterocycles. The van der Waals surface area contributed by atoms with Crippen LogP contribution in [-0.2, 0) is 6.54 Å². The predicted molar refractivity (Wildman–Crippen MR) is 62.7 cm³/mol. The van der Waals surface area contributed by atoms with Crippen LogP contribution in [0.4, 0.5) is 18.9 Å². The van der Waals surface area contributed by atoms with E-state index in [9.17, 15) is 13.2 Å². The van der Waals surface area contributed by atoms with E-state index in [1.807, 2.05) is 0 Å². The zero-order valence-corrected chi connectivity index (χ0v) is 9.48. The molecule has 2 rings (SSSR count). The lowest BCUT2D eigenvalue weighted by Crippen LogP contribution is -2.12. The number of aromatic nitrogens is 2. The van der Waals surface area contributed by atoms with Crippen molar-refractivity contribution in [3.05, 3.63) is 36.7 Å². The van der Waals surface area contributed by atoms with E-state index in [1.54, 1.807) is 36.7 Å². The quantitative estimate of drug-likeness (QED) is 0.856. The molecule has 2 N–H and O–H groups in total. The van der Waals surface area contributed by atoms with Gasteiger partial charge in [0.15, 0.2) is 0 Å². The van der Waals surface area contributed by atoms with Gasteiger partial charge in [-0.05, 0) is 17.7 Å². The summed E-state index contributed by atoms with van der Waals surface area (Å²) in [5, 5.41) is 3.90. The third kappa shape index (κ3) is 3.26. The monoisotopic (exact) mass is 255 g/mol.